The van der Waals surface area contributed by atoms with Crippen LogP contribution in [-0.2, 0) is 37.9 Å². The van der Waals surface area contributed by atoms with E-state index in [1.54, 1.807) is 5.56 Å². The molecule has 7 aromatic carbocycles. The number of aryl methyl sites for hydroxylation is 1. The second-order valence-corrected chi connectivity index (χ2v) is 30.3. The highest BCUT2D eigenvalue weighted by Gasteiger charge is 2.62. The number of rotatable bonds is 4. The van der Waals surface area contributed by atoms with E-state index in [0.717, 1.165) is 0 Å². The minimum absolute atomic E-state index is 0.0171. The zero-order chi connectivity index (χ0) is 54.8. The van der Waals surface area contributed by atoms with Gasteiger partial charge in [0.15, 0.2) is 0 Å². The highest BCUT2D eigenvalue weighted by Crippen LogP contribution is 2.63. The molecule has 0 radical (unpaired) electrons. The van der Waals surface area contributed by atoms with Gasteiger partial charge in [-0.05, 0) is 218 Å². The molecule has 1 fully saturated rings. The Hall–Kier alpha value is -6.00. The van der Waals surface area contributed by atoms with Crippen LogP contribution < -0.4 is 31.1 Å². The molecule has 3 aliphatic heterocycles. The van der Waals surface area contributed by atoms with E-state index in [-0.39, 0.29) is 50.2 Å². The van der Waals surface area contributed by atoms with E-state index in [2.05, 4.69) is 247 Å². The van der Waals surface area contributed by atoms with Gasteiger partial charge in [-0.3, -0.25) is 0 Å². The van der Waals surface area contributed by atoms with Crippen molar-refractivity contribution in [2.45, 2.75) is 206 Å². The van der Waals surface area contributed by atoms with Crippen LogP contribution >= 0.6 is 0 Å². The van der Waals surface area contributed by atoms with Crippen LogP contribution in [0.5, 0.6) is 0 Å². The Balaban J connectivity index is 1.07. The van der Waals surface area contributed by atoms with Crippen molar-refractivity contribution in [1.29, 1.82) is 0 Å². The molecule has 0 bridgehead atoms. The fourth-order valence-electron chi connectivity index (χ4n) is 17.0. The summed E-state index contributed by atoms with van der Waals surface area (Å²) in [5.41, 5.74) is 30.7. The van der Waals surface area contributed by atoms with Crippen LogP contribution in [0.2, 0.25) is 0 Å². The van der Waals surface area contributed by atoms with Gasteiger partial charge < -0.3 is 14.7 Å². The molecule has 3 nitrogen and oxygen atoms in total. The lowest BCUT2D eigenvalue weighted by Gasteiger charge is -2.53. The third-order valence-electron chi connectivity index (χ3n) is 22.3. The Morgan fingerprint density at radius 2 is 1.03 bits per heavy atom. The zero-order valence-electron chi connectivity index (χ0n) is 50.1. The van der Waals surface area contributed by atoms with Crippen molar-refractivity contribution in [2.24, 2.45) is 0 Å². The molecular weight excluding hydrogens is 942 g/mol. The van der Waals surface area contributed by atoms with Crippen molar-refractivity contribution in [3.63, 3.8) is 0 Å². The molecule has 1 saturated carbocycles. The van der Waals surface area contributed by atoms with Gasteiger partial charge in [-0.25, -0.2) is 0 Å². The van der Waals surface area contributed by atoms with E-state index in [1.807, 2.05) is 0 Å². The minimum Gasteiger partial charge on any atom is -0.335 e. The van der Waals surface area contributed by atoms with Crippen LogP contribution in [0.3, 0.4) is 0 Å². The number of nitrogens with zero attached hydrogens (tertiary/aromatic N) is 3. The van der Waals surface area contributed by atoms with Crippen LogP contribution in [0.15, 0.2) is 121 Å². The maximum absolute atomic E-state index is 2.91. The van der Waals surface area contributed by atoms with E-state index in [4.69, 9.17) is 0 Å². The van der Waals surface area contributed by atoms with E-state index in [0.29, 0.717) is 0 Å². The summed E-state index contributed by atoms with van der Waals surface area (Å²) < 4.78 is 0. The number of fused-ring (bicyclic) bond motifs is 12. The zero-order valence-corrected chi connectivity index (χ0v) is 50.1. The molecular formula is C74H84BN3. The van der Waals surface area contributed by atoms with Gasteiger partial charge in [0, 0.05) is 56.3 Å². The SMILES string of the molecule is Cc1cc2c3c(c1)N1c4c(cc(C(C)(C)C)cc4C4(C)CCCCC14C)B3c1ccc(N(c3ccc4c(c3)C(C)(C)CCC4(C)C)c3ccc4c(c3)C(C)(C)CCC4(C)C)cc1N2c1ccc2c(c1)C(C)(C)c1ccccc1-2. The third kappa shape index (κ3) is 6.70. The number of hydrogen-bond donors (Lipinski definition) is 0. The van der Waals surface area contributed by atoms with E-state index >= 15 is 0 Å². The number of anilines is 8. The quantitative estimate of drug-likeness (QED) is 0.163. The van der Waals surface area contributed by atoms with Gasteiger partial charge in [0.1, 0.15) is 0 Å². The molecule has 3 heterocycles. The van der Waals surface area contributed by atoms with Gasteiger partial charge in [-0.2, -0.15) is 0 Å². The topological polar surface area (TPSA) is 9.72 Å². The van der Waals surface area contributed by atoms with Crippen molar-refractivity contribution in [2.75, 3.05) is 14.7 Å². The Morgan fingerprint density at radius 1 is 0.462 bits per heavy atom. The summed E-state index contributed by atoms with van der Waals surface area (Å²) in [6.45, 7) is 39.6. The summed E-state index contributed by atoms with van der Waals surface area (Å²) in [5.74, 6) is 0. The van der Waals surface area contributed by atoms with Gasteiger partial charge in [0.2, 0.25) is 0 Å². The van der Waals surface area contributed by atoms with Crippen molar-refractivity contribution >= 4 is 68.6 Å². The second kappa shape index (κ2) is 15.9. The highest BCUT2D eigenvalue weighted by molar-refractivity contribution is 7.00. The molecule has 78 heavy (non-hydrogen) atoms. The van der Waals surface area contributed by atoms with Gasteiger partial charge in [0.25, 0.3) is 6.71 Å². The summed E-state index contributed by atoms with van der Waals surface area (Å²) in [4.78, 5) is 8.26. The molecule has 0 amide bonds. The number of benzene rings is 7. The first kappa shape index (κ1) is 50.2. The van der Waals surface area contributed by atoms with E-state index in [1.165, 1.54) is 169 Å². The van der Waals surface area contributed by atoms with Crippen molar-refractivity contribution in [1.82, 2.24) is 0 Å². The fraction of sp³-hybridized carbons (Fsp3) is 0.432. The summed E-state index contributed by atoms with van der Waals surface area (Å²) >= 11 is 0. The molecule has 2 atom stereocenters. The first-order valence-electron chi connectivity index (χ1n) is 30.1. The van der Waals surface area contributed by atoms with Gasteiger partial charge in [-0.1, -0.05) is 170 Å². The molecule has 0 N–H and O–H groups in total. The van der Waals surface area contributed by atoms with Crippen molar-refractivity contribution < 1.29 is 0 Å². The van der Waals surface area contributed by atoms with E-state index in [9.17, 15) is 0 Å². The molecule has 0 saturated heterocycles. The lowest BCUT2D eigenvalue weighted by molar-refractivity contribution is 0.195. The Bertz CT molecular complexity index is 3670. The van der Waals surface area contributed by atoms with Crippen LogP contribution in [0.4, 0.5) is 45.5 Å². The fourth-order valence-corrected chi connectivity index (χ4v) is 17.0. The molecule has 14 rings (SSSR count). The summed E-state index contributed by atoms with van der Waals surface area (Å²) in [6, 6.07) is 49.8. The predicted molar refractivity (Wildman–Crippen MR) is 335 cm³/mol. The summed E-state index contributed by atoms with van der Waals surface area (Å²) in [7, 11) is 0. The van der Waals surface area contributed by atoms with Crippen LogP contribution in [0.25, 0.3) is 11.1 Å². The molecule has 7 aromatic rings. The smallest absolute Gasteiger partial charge is 0.252 e. The predicted octanol–water partition coefficient (Wildman–Crippen LogP) is 18.1. The maximum Gasteiger partial charge on any atom is 0.252 e. The normalized spacial score (nSPS) is 23.5. The molecule has 4 aliphatic carbocycles. The molecule has 2 unspecified atom stereocenters. The first-order chi connectivity index (χ1) is 36.7. The Labute approximate surface area is 469 Å². The average molecular weight is 1030 g/mol. The van der Waals surface area contributed by atoms with Crippen LogP contribution in [0.1, 0.15) is 205 Å². The largest absolute Gasteiger partial charge is 0.335 e. The minimum atomic E-state index is -0.147. The van der Waals surface area contributed by atoms with Gasteiger partial charge in [0.05, 0.1) is 5.54 Å². The first-order valence-corrected chi connectivity index (χ1v) is 30.1. The lowest BCUT2D eigenvalue weighted by Crippen LogP contribution is -2.64. The molecule has 398 valence electrons. The summed E-state index contributed by atoms with van der Waals surface area (Å²) in [5, 5.41) is 0. The standard InChI is InChI=1S/C74H84BN3/c1-45-37-63-65-64(38-45)78-66-59(73(15)31-19-20-32-74(73,78)16)39-46(67(2,3)4)40-61(66)75(65)60-30-26-50(44-62(60)77(63)49-23-27-52-51-21-17-18-22-53(51)72(13,14)56(52)41-49)76(47-24-28-54-57(42-47)70(9,10)35-33-68(54,5)6)48-25-29-55-58(43-48)71(11,12)36-34-69(55,7)8/h17-18,21-30,37-44H,19-20,31-36H2,1-16H3. The monoisotopic (exact) mass is 1030 g/mol. The molecule has 4 heteroatoms. The van der Waals surface area contributed by atoms with Gasteiger partial charge >= 0.3 is 0 Å². The van der Waals surface area contributed by atoms with Crippen molar-refractivity contribution in [3.05, 3.63) is 171 Å². The van der Waals surface area contributed by atoms with Gasteiger partial charge in [-0.15, -0.1) is 0 Å². The molecule has 7 aliphatic rings. The van der Waals surface area contributed by atoms with Crippen LogP contribution in [0, 0.1) is 6.92 Å². The average Bonchev–Trinajstić information content (AvgIpc) is 3.77. The van der Waals surface area contributed by atoms with Crippen molar-refractivity contribution in [3.8, 4) is 11.1 Å². The highest BCUT2D eigenvalue weighted by atomic mass is 15.3. The maximum atomic E-state index is 2.91. The Morgan fingerprint density at radius 3 is 1.67 bits per heavy atom. The second-order valence-electron chi connectivity index (χ2n) is 30.3. The third-order valence-corrected chi connectivity index (χ3v) is 22.3. The lowest BCUT2D eigenvalue weighted by atomic mass is 9.33. The summed E-state index contributed by atoms with van der Waals surface area (Å²) in [6.07, 6.45) is 9.67. The number of hydrogen-bond acceptors (Lipinski definition) is 3. The molecule has 0 spiro atoms. The molecule has 0 aromatic heterocycles. The Kier molecular flexibility index (Phi) is 10.2. The van der Waals surface area contributed by atoms with Crippen LogP contribution in [-0.4, -0.2) is 12.3 Å². The van der Waals surface area contributed by atoms with E-state index < -0.39 is 0 Å².